The Labute approximate surface area is 110 Å². The van der Waals surface area contributed by atoms with E-state index in [0.29, 0.717) is 19.3 Å². The molecule has 0 spiro atoms. The van der Waals surface area contributed by atoms with E-state index >= 15 is 0 Å². The first-order valence-electron chi connectivity index (χ1n) is 7.25. The number of fused-ring (bicyclic) bond motifs is 1. The number of rotatable bonds is 1. The van der Waals surface area contributed by atoms with Crippen molar-refractivity contribution in [2.75, 3.05) is 0 Å². The highest BCUT2D eigenvalue weighted by Crippen LogP contribution is 2.57. The molecule has 0 heterocycles. The maximum Gasteiger partial charge on any atom is 0.0674 e. The molecule has 0 amide bonds. The molecule has 3 heteroatoms. The van der Waals surface area contributed by atoms with Gasteiger partial charge in [0.15, 0.2) is 0 Å². The monoisotopic (exact) mass is 256 g/mol. The van der Waals surface area contributed by atoms with Crippen molar-refractivity contribution in [2.45, 2.75) is 77.1 Å². The van der Waals surface area contributed by atoms with Crippen molar-refractivity contribution in [3.8, 4) is 0 Å². The fraction of sp³-hybridized carbons (Fsp3) is 1.00. The van der Waals surface area contributed by atoms with Gasteiger partial charge in [-0.25, -0.2) is 0 Å². The topological polar surface area (TPSA) is 60.7 Å². The molecule has 0 aromatic carbocycles. The average Bonchev–Trinajstić information content (AvgIpc) is 2.27. The summed E-state index contributed by atoms with van der Waals surface area (Å²) in [4.78, 5) is 0. The van der Waals surface area contributed by atoms with Crippen molar-refractivity contribution >= 4 is 0 Å². The molecule has 0 radical (unpaired) electrons. The molecule has 2 rings (SSSR count). The molecule has 0 saturated heterocycles. The average molecular weight is 256 g/mol. The number of aliphatic hydroxyl groups is 3. The van der Waals surface area contributed by atoms with Crippen molar-refractivity contribution < 1.29 is 15.3 Å². The van der Waals surface area contributed by atoms with Crippen LogP contribution in [-0.4, -0.2) is 32.6 Å². The fourth-order valence-corrected chi connectivity index (χ4v) is 4.14. The van der Waals surface area contributed by atoms with Crippen molar-refractivity contribution in [3.63, 3.8) is 0 Å². The summed E-state index contributed by atoms with van der Waals surface area (Å²) in [6, 6.07) is 0. The molecule has 0 unspecified atom stereocenters. The van der Waals surface area contributed by atoms with Gasteiger partial charge >= 0.3 is 0 Å². The third kappa shape index (κ3) is 2.00. The second-order valence-corrected chi connectivity index (χ2v) is 7.43. The van der Waals surface area contributed by atoms with Crippen LogP contribution in [0.5, 0.6) is 0 Å². The lowest BCUT2D eigenvalue weighted by molar-refractivity contribution is -0.208. The van der Waals surface area contributed by atoms with Gasteiger partial charge in [0.25, 0.3) is 0 Å². The van der Waals surface area contributed by atoms with Gasteiger partial charge in [0, 0.05) is 0 Å². The molecular weight excluding hydrogens is 228 g/mol. The summed E-state index contributed by atoms with van der Waals surface area (Å²) in [5.74, 6) is 0.173. The highest BCUT2D eigenvalue weighted by Gasteiger charge is 2.58. The van der Waals surface area contributed by atoms with Crippen LogP contribution in [0, 0.1) is 17.3 Å². The van der Waals surface area contributed by atoms with E-state index < -0.39 is 11.2 Å². The third-order valence-electron chi connectivity index (χ3n) is 5.96. The van der Waals surface area contributed by atoms with E-state index in [0.717, 1.165) is 12.8 Å². The Morgan fingerprint density at radius 1 is 1.06 bits per heavy atom. The number of hydrogen-bond acceptors (Lipinski definition) is 3. The normalized spacial score (nSPS) is 53.3. The summed E-state index contributed by atoms with van der Waals surface area (Å²) < 4.78 is 0. The van der Waals surface area contributed by atoms with Gasteiger partial charge in [-0.15, -0.1) is 0 Å². The molecule has 3 N–H and O–H groups in total. The lowest BCUT2D eigenvalue weighted by Crippen LogP contribution is -2.61. The van der Waals surface area contributed by atoms with Gasteiger partial charge in [-0.3, -0.25) is 0 Å². The predicted molar refractivity (Wildman–Crippen MR) is 71.1 cm³/mol. The summed E-state index contributed by atoms with van der Waals surface area (Å²) in [7, 11) is 0. The van der Waals surface area contributed by atoms with Crippen LogP contribution in [-0.2, 0) is 0 Å². The smallest absolute Gasteiger partial charge is 0.0674 e. The lowest BCUT2D eigenvalue weighted by Gasteiger charge is -2.58. The highest BCUT2D eigenvalue weighted by atomic mass is 16.3. The molecule has 18 heavy (non-hydrogen) atoms. The zero-order valence-electron chi connectivity index (χ0n) is 12.1. The van der Waals surface area contributed by atoms with Crippen LogP contribution < -0.4 is 0 Å². The SMILES string of the molecule is CC(C)[C@]1(O)CC[C@@]2(C)[C@H](O)CC[C@](C)(O)[C@@H]2C1. The van der Waals surface area contributed by atoms with Gasteiger partial charge in [0.05, 0.1) is 17.3 Å². The van der Waals surface area contributed by atoms with Gasteiger partial charge in [-0.1, -0.05) is 20.8 Å². The quantitative estimate of drug-likeness (QED) is 0.673. The molecule has 0 bridgehead atoms. The van der Waals surface area contributed by atoms with E-state index in [1.54, 1.807) is 0 Å². The second kappa shape index (κ2) is 4.19. The molecule has 2 aliphatic rings. The van der Waals surface area contributed by atoms with Crippen molar-refractivity contribution in [2.24, 2.45) is 17.3 Å². The Morgan fingerprint density at radius 3 is 2.22 bits per heavy atom. The van der Waals surface area contributed by atoms with Crippen LogP contribution in [0.4, 0.5) is 0 Å². The first-order valence-corrected chi connectivity index (χ1v) is 7.25. The Hall–Kier alpha value is -0.120. The Kier molecular flexibility index (Phi) is 3.33. The van der Waals surface area contributed by atoms with E-state index in [1.165, 1.54) is 0 Å². The lowest BCUT2D eigenvalue weighted by atomic mass is 9.50. The molecule has 0 aliphatic heterocycles. The maximum atomic E-state index is 10.7. The van der Waals surface area contributed by atoms with Crippen LogP contribution in [0.1, 0.15) is 59.8 Å². The van der Waals surface area contributed by atoms with Crippen molar-refractivity contribution in [1.82, 2.24) is 0 Å². The molecule has 2 fully saturated rings. The number of aliphatic hydroxyl groups excluding tert-OH is 1. The first kappa shape index (κ1) is 14.3. The summed E-state index contributed by atoms with van der Waals surface area (Å²) in [6.45, 7) is 8.02. The molecular formula is C15H28O3. The van der Waals surface area contributed by atoms with Crippen LogP contribution in [0.15, 0.2) is 0 Å². The Bertz CT molecular complexity index is 326. The summed E-state index contributed by atoms with van der Waals surface area (Å²) in [6.07, 6.45) is 3.07. The molecule has 2 saturated carbocycles. The molecule has 3 nitrogen and oxygen atoms in total. The zero-order valence-corrected chi connectivity index (χ0v) is 12.1. The molecule has 0 aromatic heterocycles. The van der Waals surface area contributed by atoms with Crippen molar-refractivity contribution in [1.29, 1.82) is 0 Å². The van der Waals surface area contributed by atoms with Gasteiger partial charge in [-0.05, 0) is 56.3 Å². The van der Waals surface area contributed by atoms with Crippen molar-refractivity contribution in [3.05, 3.63) is 0 Å². The predicted octanol–water partition coefficient (Wildman–Crippen LogP) is 2.09. The summed E-state index contributed by atoms with van der Waals surface area (Å²) in [5.41, 5.74) is -1.70. The minimum atomic E-state index is -0.767. The Balaban J connectivity index is 2.32. The first-order chi connectivity index (χ1) is 8.12. The molecule has 2 aliphatic carbocycles. The van der Waals surface area contributed by atoms with Gasteiger partial charge in [-0.2, -0.15) is 0 Å². The summed E-state index contributed by atoms with van der Waals surface area (Å²) in [5, 5.41) is 31.7. The largest absolute Gasteiger partial charge is 0.393 e. The van der Waals surface area contributed by atoms with E-state index in [-0.39, 0.29) is 23.4 Å². The molecule has 106 valence electrons. The van der Waals surface area contributed by atoms with Crippen LogP contribution in [0.3, 0.4) is 0 Å². The van der Waals surface area contributed by atoms with Gasteiger partial charge in [0.1, 0.15) is 0 Å². The molecule has 0 aromatic rings. The Morgan fingerprint density at radius 2 is 1.67 bits per heavy atom. The van der Waals surface area contributed by atoms with Gasteiger partial charge < -0.3 is 15.3 Å². The second-order valence-electron chi connectivity index (χ2n) is 7.43. The summed E-state index contributed by atoms with van der Waals surface area (Å²) >= 11 is 0. The molecule has 5 atom stereocenters. The minimum absolute atomic E-state index is 0.0186. The van der Waals surface area contributed by atoms with E-state index in [4.69, 9.17) is 0 Å². The van der Waals surface area contributed by atoms with E-state index in [1.807, 2.05) is 20.8 Å². The van der Waals surface area contributed by atoms with Crippen LogP contribution in [0.25, 0.3) is 0 Å². The number of hydrogen-bond donors (Lipinski definition) is 3. The standard InChI is InChI=1S/C15H28O3/c1-10(2)15(18)8-7-13(3)11(9-15)14(4,17)6-5-12(13)16/h10-12,16-18H,5-9H2,1-4H3/t11-,12-,13-,14+,15+/m1/s1. The third-order valence-corrected chi connectivity index (χ3v) is 5.96. The van der Waals surface area contributed by atoms with E-state index in [2.05, 4.69) is 6.92 Å². The van der Waals surface area contributed by atoms with E-state index in [9.17, 15) is 15.3 Å². The van der Waals surface area contributed by atoms with Gasteiger partial charge in [0.2, 0.25) is 0 Å². The minimum Gasteiger partial charge on any atom is -0.393 e. The highest BCUT2D eigenvalue weighted by molar-refractivity contribution is 5.08. The van der Waals surface area contributed by atoms with Crippen LogP contribution >= 0.6 is 0 Å². The maximum absolute atomic E-state index is 10.7. The van der Waals surface area contributed by atoms with Crippen LogP contribution in [0.2, 0.25) is 0 Å². The fourth-order valence-electron chi connectivity index (χ4n) is 4.14. The zero-order chi connectivity index (χ0) is 13.8.